The Morgan fingerprint density at radius 1 is 1.08 bits per heavy atom. The first kappa shape index (κ1) is 19.9. The van der Waals surface area contributed by atoms with E-state index in [0.29, 0.717) is 30.0 Å². The lowest BCUT2D eigenvalue weighted by Gasteiger charge is -2.08. The second kappa shape index (κ2) is 10.6. The fraction of sp³-hybridized carbons (Fsp3) is 0.300. The topological polar surface area (TPSA) is 70.2 Å². The molecule has 2 amide bonds. The van der Waals surface area contributed by atoms with Crippen LogP contribution in [0.4, 0.5) is 5.69 Å². The number of hydrogen-bond donors (Lipinski definition) is 3. The predicted molar refractivity (Wildman–Crippen MR) is 105 cm³/mol. The third-order valence-electron chi connectivity index (χ3n) is 3.76. The van der Waals surface area contributed by atoms with Crippen molar-refractivity contribution in [2.75, 3.05) is 18.4 Å². The van der Waals surface area contributed by atoms with E-state index in [2.05, 4.69) is 22.9 Å². The molecule has 0 saturated heterocycles. The Bertz CT molecular complexity index is 732. The molecule has 0 aromatic heterocycles. The molecule has 6 heteroatoms. The molecular formula is C20H24ClN3O2. The number of amides is 2. The van der Waals surface area contributed by atoms with Crippen LogP contribution in [0.15, 0.2) is 48.5 Å². The number of carbonyl (C=O) groups is 2. The molecule has 0 aliphatic heterocycles. The van der Waals surface area contributed by atoms with Gasteiger partial charge in [0.2, 0.25) is 5.91 Å². The van der Waals surface area contributed by atoms with E-state index in [1.54, 1.807) is 24.3 Å². The molecule has 0 saturated carbocycles. The van der Waals surface area contributed by atoms with Crippen LogP contribution in [-0.4, -0.2) is 24.9 Å². The first-order chi connectivity index (χ1) is 12.6. The Kier molecular flexibility index (Phi) is 8.12. The number of carbonyl (C=O) groups excluding carboxylic acids is 2. The summed E-state index contributed by atoms with van der Waals surface area (Å²) in [6.45, 7) is 4.17. The molecule has 5 nitrogen and oxygen atoms in total. The molecule has 2 aromatic carbocycles. The smallest absolute Gasteiger partial charge is 0.251 e. The summed E-state index contributed by atoms with van der Waals surface area (Å²) >= 11 is 5.80. The molecule has 0 radical (unpaired) electrons. The summed E-state index contributed by atoms with van der Waals surface area (Å²) in [6, 6.07) is 14.5. The second-order valence-corrected chi connectivity index (χ2v) is 6.33. The SMILES string of the molecule is CCNCc1cccc(NC(=O)CCCNC(=O)c2ccc(Cl)cc2)c1. The average molecular weight is 374 g/mol. The zero-order valence-electron chi connectivity index (χ0n) is 14.8. The van der Waals surface area contributed by atoms with E-state index in [1.807, 2.05) is 24.3 Å². The third-order valence-corrected chi connectivity index (χ3v) is 4.01. The summed E-state index contributed by atoms with van der Waals surface area (Å²) in [5, 5.41) is 9.53. The summed E-state index contributed by atoms with van der Waals surface area (Å²) in [4.78, 5) is 24.0. The highest BCUT2D eigenvalue weighted by Gasteiger charge is 2.06. The van der Waals surface area contributed by atoms with Crippen LogP contribution in [0.25, 0.3) is 0 Å². The Morgan fingerprint density at radius 3 is 2.58 bits per heavy atom. The van der Waals surface area contributed by atoms with E-state index in [9.17, 15) is 9.59 Å². The van der Waals surface area contributed by atoms with Crippen molar-refractivity contribution in [2.45, 2.75) is 26.3 Å². The molecular weight excluding hydrogens is 350 g/mol. The maximum Gasteiger partial charge on any atom is 0.251 e. The van der Waals surface area contributed by atoms with Crippen molar-refractivity contribution in [1.82, 2.24) is 10.6 Å². The number of nitrogens with one attached hydrogen (secondary N) is 3. The molecule has 2 aromatic rings. The van der Waals surface area contributed by atoms with Gasteiger partial charge in [0.15, 0.2) is 0 Å². The number of rotatable bonds is 9. The summed E-state index contributed by atoms with van der Waals surface area (Å²) in [5.74, 6) is -0.232. The van der Waals surface area contributed by atoms with Crippen LogP contribution in [0.1, 0.15) is 35.7 Å². The summed E-state index contributed by atoms with van der Waals surface area (Å²) < 4.78 is 0. The fourth-order valence-corrected chi connectivity index (χ4v) is 2.53. The number of halogens is 1. The zero-order chi connectivity index (χ0) is 18.8. The second-order valence-electron chi connectivity index (χ2n) is 5.90. The standard InChI is InChI=1S/C20H24ClN3O2/c1-2-22-14-15-5-3-6-18(13-15)24-19(25)7-4-12-23-20(26)16-8-10-17(21)11-9-16/h3,5-6,8-11,13,22H,2,4,7,12,14H2,1H3,(H,23,26)(H,24,25). The molecule has 0 aliphatic rings. The molecule has 0 bridgehead atoms. The van der Waals surface area contributed by atoms with Gasteiger partial charge in [0.1, 0.15) is 0 Å². The van der Waals surface area contributed by atoms with Crippen LogP contribution in [0, 0.1) is 0 Å². The van der Waals surface area contributed by atoms with E-state index in [-0.39, 0.29) is 11.8 Å². The van der Waals surface area contributed by atoms with Crippen molar-refractivity contribution in [3.63, 3.8) is 0 Å². The van der Waals surface area contributed by atoms with Crippen LogP contribution in [0.5, 0.6) is 0 Å². The Balaban J connectivity index is 1.70. The largest absolute Gasteiger partial charge is 0.352 e. The molecule has 2 rings (SSSR count). The van der Waals surface area contributed by atoms with Gasteiger partial charge in [0.25, 0.3) is 5.91 Å². The van der Waals surface area contributed by atoms with E-state index in [0.717, 1.165) is 24.3 Å². The zero-order valence-corrected chi connectivity index (χ0v) is 15.6. The Hall–Kier alpha value is -2.37. The van der Waals surface area contributed by atoms with Crippen molar-refractivity contribution in [3.05, 3.63) is 64.7 Å². The Labute approximate surface area is 159 Å². The minimum atomic E-state index is -0.168. The molecule has 0 aliphatic carbocycles. The van der Waals surface area contributed by atoms with E-state index < -0.39 is 0 Å². The summed E-state index contributed by atoms with van der Waals surface area (Å²) in [7, 11) is 0. The first-order valence-electron chi connectivity index (χ1n) is 8.71. The van der Waals surface area contributed by atoms with Gasteiger partial charge in [-0.1, -0.05) is 30.7 Å². The fourth-order valence-electron chi connectivity index (χ4n) is 2.41. The van der Waals surface area contributed by atoms with Gasteiger partial charge in [-0.25, -0.2) is 0 Å². The number of anilines is 1. The van der Waals surface area contributed by atoms with Gasteiger partial charge in [0.05, 0.1) is 0 Å². The van der Waals surface area contributed by atoms with E-state index in [1.165, 1.54) is 0 Å². The molecule has 0 atom stereocenters. The van der Waals surface area contributed by atoms with Crippen molar-refractivity contribution in [2.24, 2.45) is 0 Å². The normalized spacial score (nSPS) is 10.4. The van der Waals surface area contributed by atoms with Crippen molar-refractivity contribution in [1.29, 1.82) is 0 Å². The molecule has 138 valence electrons. The molecule has 3 N–H and O–H groups in total. The van der Waals surface area contributed by atoms with Gasteiger partial charge < -0.3 is 16.0 Å². The third kappa shape index (κ3) is 6.86. The highest BCUT2D eigenvalue weighted by atomic mass is 35.5. The van der Waals surface area contributed by atoms with Gasteiger partial charge in [-0.3, -0.25) is 9.59 Å². The van der Waals surface area contributed by atoms with E-state index >= 15 is 0 Å². The first-order valence-corrected chi connectivity index (χ1v) is 9.09. The molecule has 0 spiro atoms. The molecule has 26 heavy (non-hydrogen) atoms. The average Bonchev–Trinajstić information content (AvgIpc) is 2.64. The van der Waals surface area contributed by atoms with Gasteiger partial charge >= 0.3 is 0 Å². The highest BCUT2D eigenvalue weighted by molar-refractivity contribution is 6.30. The Morgan fingerprint density at radius 2 is 1.85 bits per heavy atom. The van der Waals surface area contributed by atoms with Crippen LogP contribution < -0.4 is 16.0 Å². The maximum atomic E-state index is 12.0. The molecule has 0 heterocycles. The minimum absolute atomic E-state index is 0.0636. The van der Waals surface area contributed by atoms with Crippen LogP contribution in [0.3, 0.4) is 0 Å². The highest BCUT2D eigenvalue weighted by Crippen LogP contribution is 2.11. The van der Waals surface area contributed by atoms with Crippen molar-refractivity contribution < 1.29 is 9.59 Å². The van der Waals surface area contributed by atoms with Crippen LogP contribution in [0.2, 0.25) is 5.02 Å². The van der Waals surface area contributed by atoms with Crippen LogP contribution in [-0.2, 0) is 11.3 Å². The molecule has 0 unspecified atom stereocenters. The van der Waals surface area contributed by atoms with Gasteiger partial charge in [-0.05, 0) is 54.9 Å². The summed E-state index contributed by atoms with van der Waals surface area (Å²) in [5.41, 5.74) is 2.46. The monoisotopic (exact) mass is 373 g/mol. The quantitative estimate of drug-likeness (QED) is 0.588. The van der Waals surface area contributed by atoms with Gasteiger partial charge in [-0.2, -0.15) is 0 Å². The summed E-state index contributed by atoms with van der Waals surface area (Å²) in [6.07, 6.45) is 0.917. The minimum Gasteiger partial charge on any atom is -0.352 e. The van der Waals surface area contributed by atoms with Crippen molar-refractivity contribution in [3.8, 4) is 0 Å². The van der Waals surface area contributed by atoms with Crippen molar-refractivity contribution >= 4 is 29.1 Å². The van der Waals surface area contributed by atoms with E-state index in [4.69, 9.17) is 11.6 Å². The lowest BCUT2D eigenvalue weighted by molar-refractivity contribution is -0.116. The van der Waals surface area contributed by atoms with Crippen LogP contribution >= 0.6 is 11.6 Å². The maximum absolute atomic E-state index is 12.0. The molecule has 0 fully saturated rings. The number of hydrogen-bond acceptors (Lipinski definition) is 3. The lowest BCUT2D eigenvalue weighted by Crippen LogP contribution is -2.25. The lowest BCUT2D eigenvalue weighted by atomic mass is 10.2. The van der Waals surface area contributed by atoms with Gasteiger partial charge in [-0.15, -0.1) is 0 Å². The predicted octanol–water partition coefficient (Wildman–Crippen LogP) is 3.60. The number of benzene rings is 2. The van der Waals surface area contributed by atoms with Gasteiger partial charge in [0, 0.05) is 35.8 Å².